The fraction of sp³-hybridized carbons (Fsp3) is 0.500. The zero-order chi connectivity index (χ0) is 19.4. The van der Waals surface area contributed by atoms with Crippen molar-refractivity contribution in [3.63, 3.8) is 0 Å². The van der Waals surface area contributed by atoms with Crippen molar-refractivity contribution in [3.05, 3.63) is 36.4 Å². The highest BCUT2D eigenvalue weighted by molar-refractivity contribution is 4.85. The van der Waals surface area contributed by atoms with Gasteiger partial charge in [-0.25, -0.2) is 9.36 Å². The minimum absolute atomic E-state index is 0.833. The standard InChI is InChI=1S/C4H7N3.C3H6N4.C3H5N3.C2H4N4/c1-4-3-7(2)6-5-4;1-3-4-5-6-7(3)2;1-6-3-2-4-5-6;1-6-2-3-4-5-6/h3H,1-2H3;1-2H3;2-3H,1H3;2H,1H3. The highest BCUT2D eigenvalue weighted by Crippen LogP contribution is 1.82. The van der Waals surface area contributed by atoms with Crippen LogP contribution in [0.5, 0.6) is 0 Å². The van der Waals surface area contributed by atoms with Crippen LogP contribution in [-0.4, -0.2) is 70.4 Å². The second-order valence-electron chi connectivity index (χ2n) is 4.94. The zero-order valence-corrected chi connectivity index (χ0v) is 15.6. The molecule has 0 fully saturated rings. The molecule has 0 bridgehead atoms. The van der Waals surface area contributed by atoms with Crippen LogP contribution in [0, 0.1) is 13.8 Å². The Morgan fingerprint density at radius 1 is 0.731 bits per heavy atom. The Balaban J connectivity index is 0.000000174. The van der Waals surface area contributed by atoms with Crippen LogP contribution in [0.1, 0.15) is 11.5 Å². The van der Waals surface area contributed by atoms with E-state index >= 15 is 0 Å². The summed E-state index contributed by atoms with van der Waals surface area (Å²) in [5.41, 5.74) is 0.961. The molecule has 0 amide bonds. The summed E-state index contributed by atoms with van der Waals surface area (Å²) in [6.45, 7) is 3.76. The lowest BCUT2D eigenvalue weighted by molar-refractivity contribution is 0.695. The minimum Gasteiger partial charge on any atom is -0.256 e. The van der Waals surface area contributed by atoms with E-state index < -0.39 is 0 Å². The monoisotopic (exact) mass is 362 g/mol. The number of aromatic nitrogens is 14. The molecule has 4 heterocycles. The van der Waals surface area contributed by atoms with Crippen LogP contribution in [0.2, 0.25) is 0 Å². The predicted octanol–water partition coefficient (Wildman–Crippen LogP) is -1.33. The van der Waals surface area contributed by atoms with E-state index in [1.807, 2.05) is 34.1 Å². The molecule has 0 aliphatic rings. The van der Waals surface area contributed by atoms with Crippen molar-refractivity contribution in [2.75, 3.05) is 0 Å². The van der Waals surface area contributed by atoms with Crippen molar-refractivity contribution in [2.45, 2.75) is 13.8 Å². The maximum Gasteiger partial charge on any atom is 0.147 e. The topological polar surface area (TPSA) is 149 Å². The van der Waals surface area contributed by atoms with Gasteiger partial charge in [0, 0.05) is 40.6 Å². The van der Waals surface area contributed by atoms with Gasteiger partial charge in [-0.1, -0.05) is 10.4 Å². The minimum atomic E-state index is 0.833. The summed E-state index contributed by atoms with van der Waals surface area (Å²) in [4.78, 5) is 0. The Kier molecular flexibility index (Phi) is 8.70. The number of aryl methyl sites for hydroxylation is 6. The summed E-state index contributed by atoms with van der Waals surface area (Å²) in [6.07, 6.45) is 6.81. The van der Waals surface area contributed by atoms with Crippen LogP contribution in [-0.2, 0) is 28.2 Å². The van der Waals surface area contributed by atoms with Gasteiger partial charge in [-0.05, 0) is 34.7 Å². The van der Waals surface area contributed by atoms with Gasteiger partial charge in [-0.2, -0.15) is 0 Å². The van der Waals surface area contributed by atoms with Gasteiger partial charge in [-0.15, -0.1) is 20.4 Å². The molecular weight excluding hydrogens is 340 g/mol. The van der Waals surface area contributed by atoms with Crippen molar-refractivity contribution >= 4 is 0 Å². The summed E-state index contributed by atoms with van der Waals surface area (Å²) >= 11 is 0. The van der Waals surface area contributed by atoms with Crippen LogP contribution in [0.3, 0.4) is 0 Å². The maximum atomic E-state index is 3.73. The molecule has 4 rings (SSSR count). The summed E-state index contributed by atoms with van der Waals surface area (Å²) in [6, 6.07) is 0. The van der Waals surface area contributed by atoms with E-state index in [1.54, 1.807) is 40.5 Å². The van der Waals surface area contributed by atoms with Crippen LogP contribution in [0.15, 0.2) is 24.9 Å². The SMILES string of the molecule is Cc1cn(C)nn1.Cc1nnnn1C.Cn1ccnn1.Cn1cnnn1. The highest BCUT2D eigenvalue weighted by Gasteiger charge is 1.87. The molecule has 4 aromatic rings. The molecule has 0 saturated carbocycles. The number of hydrogen-bond acceptors (Lipinski definition) is 10. The second kappa shape index (κ2) is 11.1. The number of tetrazole rings is 2. The summed E-state index contributed by atoms with van der Waals surface area (Å²) in [5.74, 6) is 0.833. The average molecular weight is 362 g/mol. The molecule has 0 saturated heterocycles. The van der Waals surface area contributed by atoms with E-state index in [0.29, 0.717) is 0 Å². The number of nitrogens with zero attached hydrogens (tertiary/aromatic N) is 14. The van der Waals surface area contributed by atoms with Gasteiger partial charge >= 0.3 is 0 Å². The van der Waals surface area contributed by atoms with E-state index in [0.717, 1.165) is 11.5 Å². The first kappa shape index (κ1) is 20.5. The molecule has 0 N–H and O–H groups in total. The molecule has 26 heavy (non-hydrogen) atoms. The molecule has 0 aliphatic heterocycles. The van der Waals surface area contributed by atoms with Crippen molar-refractivity contribution in [1.29, 1.82) is 0 Å². The van der Waals surface area contributed by atoms with Gasteiger partial charge in [0.05, 0.1) is 11.9 Å². The first-order valence-corrected chi connectivity index (χ1v) is 7.37. The molecule has 0 aromatic carbocycles. The molecule has 14 nitrogen and oxygen atoms in total. The second-order valence-corrected chi connectivity index (χ2v) is 4.94. The maximum absolute atomic E-state index is 3.73. The molecule has 0 radical (unpaired) electrons. The molecule has 0 spiro atoms. The van der Waals surface area contributed by atoms with Crippen LogP contribution >= 0.6 is 0 Å². The van der Waals surface area contributed by atoms with E-state index in [4.69, 9.17) is 0 Å². The van der Waals surface area contributed by atoms with Crippen LogP contribution in [0.4, 0.5) is 0 Å². The number of hydrogen-bond donors (Lipinski definition) is 0. The first-order chi connectivity index (χ1) is 12.4. The summed E-state index contributed by atoms with van der Waals surface area (Å²) in [5, 5.41) is 35.3. The van der Waals surface area contributed by atoms with Gasteiger partial charge in [0.15, 0.2) is 0 Å². The molecular formula is C12H22N14. The molecule has 0 aliphatic carbocycles. The lowest BCUT2D eigenvalue weighted by Crippen LogP contribution is -1.92. The lowest BCUT2D eigenvalue weighted by Gasteiger charge is -1.81. The van der Waals surface area contributed by atoms with Gasteiger partial charge in [0.1, 0.15) is 12.2 Å². The summed E-state index contributed by atoms with van der Waals surface area (Å²) < 4.78 is 6.45. The average Bonchev–Trinajstić information content (AvgIpc) is 3.38. The van der Waals surface area contributed by atoms with Crippen LogP contribution in [0.25, 0.3) is 0 Å². The van der Waals surface area contributed by atoms with Crippen molar-refractivity contribution in [3.8, 4) is 0 Å². The van der Waals surface area contributed by atoms with Gasteiger partial charge in [0.2, 0.25) is 0 Å². The molecule has 140 valence electrons. The molecule has 4 aromatic heterocycles. The summed E-state index contributed by atoms with van der Waals surface area (Å²) in [7, 11) is 7.24. The third-order valence-electron chi connectivity index (χ3n) is 2.54. The van der Waals surface area contributed by atoms with E-state index in [1.165, 1.54) is 11.0 Å². The fourth-order valence-electron chi connectivity index (χ4n) is 1.21. The Labute approximate surface area is 149 Å². The Bertz CT molecular complexity index is 747. The van der Waals surface area contributed by atoms with E-state index in [9.17, 15) is 0 Å². The zero-order valence-electron chi connectivity index (χ0n) is 15.6. The van der Waals surface area contributed by atoms with Gasteiger partial charge < -0.3 is 0 Å². The quantitative estimate of drug-likeness (QED) is 0.368. The van der Waals surface area contributed by atoms with Crippen molar-refractivity contribution < 1.29 is 0 Å². The molecule has 0 unspecified atom stereocenters. The molecule has 0 atom stereocenters. The lowest BCUT2D eigenvalue weighted by atomic mass is 10.6. The smallest absolute Gasteiger partial charge is 0.147 e. The largest absolute Gasteiger partial charge is 0.256 e. The van der Waals surface area contributed by atoms with E-state index in [2.05, 4.69) is 51.7 Å². The number of rotatable bonds is 0. The Morgan fingerprint density at radius 3 is 1.65 bits per heavy atom. The highest BCUT2D eigenvalue weighted by atomic mass is 15.5. The van der Waals surface area contributed by atoms with E-state index in [-0.39, 0.29) is 0 Å². The third kappa shape index (κ3) is 8.90. The molecule has 14 heteroatoms. The Hall–Kier alpha value is -3.58. The van der Waals surface area contributed by atoms with Gasteiger partial charge in [0.25, 0.3) is 0 Å². The third-order valence-corrected chi connectivity index (χ3v) is 2.54. The first-order valence-electron chi connectivity index (χ1n) is 7.37. The van der Waals surface area contributed by atoms with Crippen molar-refractivity contribution in [1.82, 2.24) is 70.4 Å². The van der Waals surface area contributed by atoms with Crippen molar-refractivity contribution in [2.24, 2.45) is 28.2 Å². The predicted molar refractivity (Wildman–Crippen MR) is 89.1 cm³/mol. The fourth-order valence-corrected chi connectivity index (χ4v) is 1.21. The van der Waals surface area contributed by atoms with Gasteiger partial charge in [-0.3, -0.25) is 9.36 Å². The normalized spacial score (nSPS) is 9.15. The Morgan fingerprint density at radius 2 is 1.50 bits per heavy atom. The van der Waals surface area contributed by atoms with Crippen LogP contribution < -0.4 is 0 Å².